The number of halogens is 1. The van der Waals surface area contributed by atoms with Crippen molar-refractivity contribution in [3.8, 4) is 5.75 Å². The number of morpholine rings is 1. The third-order valence-electron chi connectivity index (χ3n) is 5.63. The first-order chi connectivity index (χ1) is 17.1. The first-order valence-electron chi connectivity index (χ1n) is 11.3. The molecule has 35 heavy (non-hydrogen) atoms. The van der Waals surface area contributed by atoms with Crippen molar-refractivity contribution < 1.29 is 13.9 Å². The smallest absolute Gasteiger partial charge is 0.439 e. The second-order valence-electron chi connectivity index (χ2n) is 8.08. The lowest BCUT2D eigenvalue weighted by molar-refractivity contribution is 0.0322. The summed E-state index contributed by atoms with van der Waals surface area (Å²) in [5.74, 6) is 0.889. The lowest BCUT2D eigenvalue weighted by Crippen LogP contribution is -2.38. The molecule has 0 radical (unpaired) electrons. The molecule has 182 valence electrons. The quantitative estimate of drug-likeness (QED) is 0.377. The Balaban J connectivity index is 1.26. The van der Waals surface area contributed by atoms with Crippen LogP contribution in [0.1, 0.15) is 5.56 Å². The molecule has 2 N–H and O–H groups in total. The van der Waals surface area contributed by atoms with Crippen LogP contribution in [0.4, 0.5) is 17.5 Å². The Morgan fingerprint density at radius 3 is 2.83 bits per heavy atom. The fourth-order valence-electron chi connectivity index (χ4n) is 3.73. The van der Waals surface area contributed by atoms with Gasteiger partial charge in [-0.3, -0.25) is 10.3 Å². The van der Waals surface area contributed by atoms with Crippen LogP contribution in [-0.2, 0) is 4.74 Å². The van der Waals surface area contributed by atoms with Crippen molar-refractivity contribution in [3.05, 3.63) is 69.8 Å². The minimum atomic E-state index is -0.533. The molecule has 1 aliphatic rings. The molecule has 0 unspecified atom stereocenters. The van der Waals surface area contributed by atoms with Crippen molar-refractivity contribution >= 4 is 40.2 Å². The summed E-state index contributed by atoms with van der Waals surface area (Å²) in [6.45, 7) is 6.56. The lowest BCUT2D eigenvalue weighted by Gasteiger charge is -2.26. The third-order valence-corrected chi connectivity index (χ3v) is 5.93. The van der Waals surface area contributed by atoms with E-state index in [4.69, 9.17) is 25.5 Å². The Morgan fingerprint density at radius 2 is 2.00 bits per heavy atom. The van der Waals surface area contributed by atoms with E-state index in [-0.39, 0.29) is 0 Å². The summed E-state index contributed by atoms with van der Waals surface area (Å²) in [4.78, 5) is 23.5. The van der Waals surface area contributed by atoms with E-state index < -0.39 is 5.76 Å². The monoisotopic (exact) mass is 496 g/mol. The molecule has 5 rings (SSSR count). The maximum Gasteiger partial charge on any atom is 0.439 e. The summed E-state index contributed by atoms with van der Waals surface area (Å²) in [7, 11) is 0. The van der Waals surface area contributed by atoms with Gasteiger partial charge in [-0.1, -0.05) is 23.7 Å². The average molecular weight is 497 g/mol. The molecule has 4 aromatic rings. The molecule has 1 aliphatic heterocycles. The molecule has 1 saturated heterocycles. The summed E-state index contributed by atoms with van der Waals surface area (Å²) < 4.78 is 17.8. The highest BCUT2D eigenvalue weighted by molar-refractivity contribution is 6.32. The fraction of sp³-hybridized carbons (Fsp3) is 0.292. The summed E-state index contributed by atoms with van der Waals surface area (Å²) >= 11 is 6.44. The van der Waals surface area contributed by atoms with E-state index in [0.29, 0.717) is 45.9 Å². The average Bonchev–Trinajstić information content (AvgIpc) is 3.18. The van der Waals surface area contributed by atoms with E-state index in [9.17, 15) is 4.79 Å². The van der Waals surface area contributed by atoms with Crippen molar-refractivity contribution in [2.45, 2.75) is 6.92 Å². The lowest BCUT2D eigenvalue weighted by atomic mass is 10.3. The van der Waals surface area contributed by atoms with Gasteiger partial charge in [-0.2, -0.15) is 9.66 Å². The number of nitrogens with one attached hydrogen (secondary N) is 2. The van der Waals surface area contributed by atoms with Crippen LogP contribution in [0, 0.1) is 6.92 Å². The molecule has 3 heterocycles. The normalized spacial score (nSPS) is 14.2. The van der Waals surface area contributed by atoms with Gasteiger partial charge in [-0.25, -0.2) is 9.78 Å². The molecule has 11 heteroatoms. The number of aryl methyl sites for hydroxylation is 1. The molecule has 10 nitrogen and oxygen atoms in total. The maximum absolute atomic E-state index is 12.3. The van der Waals surface area contributed by atoms with Crippen LogP contribution in [0.3, 0.4) is 0 Å². The van der Waals surface area contributed by atoms with Crippen LogP contribution in [0.5, 0.6) is 5.75 Å². The van der Waals surface area contributed by atoms with E-state index in [2.05, 4.69) is 25.6 Å². The van der Waals surface area contributed by atoms with Crippen LogP contribution >= 0.6 is 11.6 Å². The number of hydrogen-bond donors (Lipinski definition) is 2. The minimum absolute atomic E-state index is 0.344. The number of fused-ring (bicyclic) bond motifs is 1. The van der Waals surface area contributed by atoms with Crippen LogP contribution in [-0.4, -0.2) is 59.0 Å². The standard InChI is InChI=1S/C24H25ClN6O4/c1-16-15-26-23(28-22(16)29-31-19-4-2-3-5-21(19)35-24(31)32)27-17-6-7-20(18(25)14-17)34-13-10-30-8-11-33-12-9-30/h2-7,14-15H,8-13H2,1H3,(H2,26,27,28,29). The number of para-hydroxylation sites is 2. The molecular formula is C24H25ClN6O4. The van der Waals surface area contributed by atoms with Gasteiger partial charge in [0.2, 0.25) is 5.95 Å². The molecule has 0 amide bonds. The van der Waals surface area contributed by atoms with Gasteiger partial charge in [0.1, 0.15) is 17.9 Å². The number of ether oxygens (including phenoxy) is 2. The Bertz CT molecular complexity index is 1380. The van der Waals surface area contributed by atoms with Gasteiger partial charge in [0, 0.05) is 37.1 Å². The number of anilines is 3. The van der Waals surface area contributed by atoms with Crippen molar-refractivity contribution in [2.75, 3.05) is 50.2 Å². The van der Waals surface area contributed by atoms with E-state index in [1.54, 1.807) is 30.5 Å². The van der Waals surface area contributed by atoms with Crippen LogP contribution in [0.25, 0.3) is 11.1 Å². The number of aromatic nitrogens is 3. The summed E-state index contributed by atoms with van der Waals surface area (Å²) in [5, 5.41) is 3.63. The Morgan fingerprint density at radius 1 is 1.17 bits per heavy atom. The number of benzene rings is 2. The van der Waals surface area contributed by atoms with Gasteiger partial charge in [0.05, 0.1) is 18.2 Å². The van der Waals surface area contributed by atoms with Crippen LogP contribution in [0.15, 0.2) is 57.9 Å². The number of oxazole rings is 1. The summed E-state index contributed by atoms with van der Waals surface area (Å²) in [6, 6.07) is 12.6. The number of rotatable bonds is 8. The molecule has 0 saturated carbocycles. The predicted molar refractivity (Wildman–Crippen MR) is 134 cm³/mol. The minimum Gasteiger partial charge on any atom is -0.491 e. The van der Waals surface area contributed by atoms with Gasteiger partial charge in [0.15, 0.2) is 11.4 Å². The molecule has 0 atom stereocenters. The Kier molecular flexibility index (Phi) is 6.84. The second kappa shape index (κ2) is 10.3. The third kappa shape index (κ3) is 5.40. The Labute approximate surface area is 206 Å². The van der Waals surface area contributed by atoms with Crippen LogP contribution < -0.4 is 21.2 Å². The highest BCUT2D eigenvalue weighted by Crippen LogP contribution is 2.29. The zero-order valence-corrected chi connectivity index (χ0v) is 19.9. The van der Waals surface area contributed by atoms with Crippen molar-refractivity contribution in [1.29, 1.82) is 0 Å². The van der Waals surface area contributed by atoms with Gasteiger partial charge in [0.25, 0.3) is 0 Å². The zero-order chi connectivity index (χ0) is 24.2. The SMILES string of the molecule is Cc1cnc(Nc2ccc(OCCN3CCOCC3)c(Cl)c2)nc1Nn1c(=O)oc2ccccc21. The van der Waals surface area contributed by atoms with E-state index in [0.717, 1.165) is 38.4 Å². The van der Waals surface area contributed by atoms with E-state index in [1.807, 2.05) is 25.1 Å². The molecule has 2 aromatic heterocycles. The molecule has 0 bridgehead atoms. The second-order valence-corrected chi connectivity index (χ2v) is 8.49. The Hall–Kier alpha value is -3.60. The first-order valence-corrected chi connectivity index (χ1v) is 11.7. The van der Waals surface area contributed by atoms with E-state index >= 15 is 0 Å². The first kappa shape index (κ1) is 23.2. The van der Waals surface area contributed by atoms with Gasteiger partial charge in [-0.05, 0) is 37.3 Å². The molecule has 2 aromatic carbocycles. The van der Waals surface area contributed by atoms with Gasteiger partial charge >= 0.3 is 5.76 Å². The summed E-state index contributed by atoms with van der Waals surface area (Å²) in [6.07, 6.45) is 1.66. The van der Waals surface area contributed by atoms with Crippen molar-refractivity contribution in [2.24, 2.45) is 0 Å². The topological polar surface area (TPSA) is 107 Å². The van der Waals surface area contributed by atoms with Crippen LogP contribution in [0.2, 0.25) is 5.02 Å². The van der Waals surface area contributed by atoms with Gasteiger partial charge < -0.3 is 19.2 Å². The summed E-state index contributed by atoms with van der Waals surface area (Å²) in [5.41, 5.74) is 5.58. The molecule has 1 fully saturated rings. The van der Waals surface area contributed by atoms with E-state index in [1.165, 1.54) is 4.68 Å². The molecular weight excluding hydrogens is 472 g/mol. The zero-order valence-electron chi connectivity index (χ0n) is 19.2. The fourth-order valence-corrected chi connectivity index (χ4v) is 3.96. The highest BCUT2D eigenvalue weighted by atomic mass is 35.5. The van der Waals surface area contributed by atoms with Crippen molar-refractivity contribution in [3.63, 3.8) is 0 Å². The van der Waals surface area contributed by atoms with Crippen molar-refractivity contribution in [1.82, 2.24) is 19.5 Å². The molecule has 0 aliphatic carbocycles. The number of nitrogens with zero attached hydrogens (tertiary/aromatic N) is 4. The maximum atomic E-state index is 12.3. The largest absolute Gasteiger partial charge is 0.491 e. The highest BCUT2D eigenvalue weighted by Gasteiger charge is 2.13. The molecule has 0 spiro atoms. The number of hydrogen-bond acceptors (Lipinski definition) is 9. The predicted octanol–water partition coefficient (Wildman–Crippen LogP) is 3.68. The van der Waals surface area contributed by atoms with Gasteiger partial charge in [-0.15, -0.1) is 0 Å².